The van der Waals surface area contributed by atoms with Crippen LogP contribution in [0.1, 0.15) is 18.9 Å². The number of hydrogen-bond acceptors (Lipinski definition) is 4. The van der Waals surface area contributed by atoms with Gasteiger partial charge in [-0.15, -0.1) is 0 Å². The molecule has 2 aromatic rings. The van der Waals surface area contributed by atoms with Crippen molar-refractivity contribution in [2.75, 3.05) is 11.9 Å². The highest BCUT2D eigenvalue weighted by molar-refractivity contribution is 5.94. The fourth-order valence-corrected chi connectivity index (χ4v) is 2.11. The van der Waals surface area contributed by atoms with Crippen LogP contribution in [-0.4, -0.2) is 17.4 Å². The molecule has 0 aromatic heterocycles. The Bertz CT molecular complexity index is 700. The summed E-state index contributed by atoms with van der Waals surface area (Å²) in [5, 5.41) is 13.7. The maximum atomic E-state index is 12.2. The second-order valence-corrected chi connectivity index (χ2v) is 4.96. The molecule has 120 valence electrons. The van der Waals surface area contributed by atoms with E-state index in [1.165, 1.54) is 6.07 Å². The number of ether oxygens (including phenoxy) is 1. The quantitative estimate of drug-likeness (QED) is 0.625. The number of carbonyl (C=O) groups excluding carboxylic acids is 1. The summed E-state index contributed by atoms with van der Waals surface area (Å²) in [6.07, 6.45) is 0.789. The van der Waals surface area contributed by atoms with Crippen LogP contribution in [0.25, 0.3) is 0 Å². The number of hydrogen-bond donors (Lipinski definition) is 1. The summed E-state index contributed by atoms with van der Waals surface area (Å²) in [4.78, 5) is 22.7. The second-order valence-electron chi connectivity index (χ2n) is 4.96. The average Bonchev–Trinajstić information content (AvgIpc) is 2.54. The molecule has 0 saturated heterocycles. The van der Waals surface area contributed by atoms with Gasteiger partial charge in [-0.1, -0.05) is 37.3 Å². The van der Waals surface area contributed by atoms with Gasteiger partial charge in [-0.05, 0) is 18.6 Å². The molecular formula is C17H18N2O4. The molecule has 1 amide bonds. The highest BCUT2D eigenvalue weighted by atomic mass is 16.6. The van der Waals surface area contributed by atoms with Gasteiger partial charge in [-0.3, -0.25) is 14.9 Å². The zero-order valence-corrected chi connectivity index (χ0v) is 12.8. The van der Waals surface area contributed by atoms with Crippen molar-refractivity contribution in [2.45, 2.75) is 19.8 Å². The maximum absolute atomic E-state index is 12.2. The lowest BCUT2D eigenvalue weighted by Gasteiger charge is -2.12. The predicted molar refractivity (Wildman–Crippen MR) is 87.7 cm³/mol. The van der Waals surface area contributed by atoms with E-state index in [2.05, 4.69) is 5.32 Å². The molecule has 6 nitrogen and oxygen atoms in total. The lowest BCUT2D eigenvalue weighted by atomic mass is 10.1. The molecule has 1 N–H and O–H groups in total. The monoisotopic (exact) mass is 314 g/mol. The first-order valence-electron chi connectivity index (χ1n) is 7.35. The molecule has 0 fully saturated rings. The van der Waals surface area contributed by atoms with Crippen molar-refractivity contribution >= 4 is 17.3 Å². The van der Waals surface area contributed by atoms with Gasteiger partial charge in [-0.2, -0.15) is 0 Å². The van der Waals surface area contributed by atoms with Gasteiger partial charge in [-0.25, -0.2) is 0 Å². The van der Waals surface area contributed by atoms with Gasteiger partial charge in [0.1, 0.15) is 5.75 Å². The second kappa shape index (κ2) is 7.93. The highest BCUT2D eigenvalue weighted by Gasteiger charge is 2.16. The third kappa shape index (κ3) is 4.54. The Labute approximate surface area is 134 Å². The molecule has 0 atom stereocenters. The molecule has 0 radical (unpaired) electrons. The van der Waals surface area contributed by atoms with E-state index in [0.717, 1.165) is 6.42 Å². The number of benzene rings is 2. The fraction of sp³-hybridized carbons (Fsp3) is 0.235. The average molecular weight is 314 g/mol. The first-order chi connectivity index (χ1) is 11.1. The molecule has 23 heavy (non-hydrogen) atoms. The number of carbonyl (C=O) groups is 1. The van der Waals surface area contributed by atoms with Gasteiger partial charge in [0, 0.05) is 11.6 Å². The summed E-state index contributed by atoms with van der Waals surface area (Å²) < 4.78 is 5.58. The molecule has 0 unspecified atom stereocenters. The van der Waals surface area contributed by atoms with E-state index in [4.69, 9.17) is 4.74 Å². The van der Waals surface area contributed by atoms with Crippen LogP contribution in [0, 0.1) is 10.1 Å². The van der Waals surface area contributed by atoms with E-state index < -0.39 is 4.92 Å². The van der Waals surface area contributed by atoms with Crippen molar-refractivity contribution in [3.8, 4) is 5.75 Å². The van der Waals surface area contributed by atoms with Gasteiger partial charge in [0.15, 0.2) is 0 Å². The number of nitro benzene ring substituents is 1. The third-order valence-corrected chi connectivity index (χ3v) is 3.16. The van der Waals surface area contributed by atoms with Crippen LogP contribution in [0.5, 0.6) is 5.75 Å². The molecule has 6 heteroatoms. The molecule has 2 rings (SSSR count). The fourth-order valence-electron chi connectivity index (χ4n) is 2.11. The number of amides is 1. The molecule has 0 aliphatic heterocycles. The first kappa shape index (κ1) is 16.5. The minimum atomic E-state index is -0.485. The summed E-state index contributed by atoms with van der Waals surface area (Å²) in [7, 11) is 0. The van der Waals surface area contributed by atoms with Crippen molar-refractivity contribution in [3.63, 3.8) is 0 Å². The van der Waals surface area contributed by atoms with Crippen LogP contribution in [-0.2, 0) is 11.2 Å². The number of para-hydroxylation sites is 3. The highest BCUT2D eigenvalue weighted by Crippen LogP contribution is 2.25. The Hall–Kier alpha value is -2.89. The minimum Gasteiger partial charge on any atom is -0.491 e. The van der Waals surface area contributed by atoms with Gasteiger partial charge in [0.05, 0.1) is 23.6 Å². The van der Waals surface area contributed by atoms with Crippen LogP contribution in [0.3, 0.4) is 0 Å². The summed E-state index contributed by atoms with van der Waals surface area (Å²) >= 11 is 0. The topological polar surface area (TPSA) is 81.5 Å². The van der Waals surface area contributed by atoms with Crippen molar-refractivity contribution in [1.29, 1.82) is 0 Å². The van der Waals surface area contributed by atoms with E-state index in [9.17, 15) is 14.9 Å². The Morgan fingerprint density at radius 2 is 1.87 bits per heavy atom. The Kier molecular flexibility index (Phi) is 5.68. The molecule has 0 saturated carbocycles. The van der Waals surface area contributed by atoms with E-state index in [1.54, 1.807) is 36.4 Å². The Balaban J connectivity index is 2.10. The summed E-state index contributed by atoms with van der Waals surface area (Å²) in [6.45, 7) is 2.55. The van der Waals surface area contributed by atoms with E-state index >= 15 is 0 Å². The molecule has 2 aromatic carbocycles. The summed E-state index contributed by atoms with van der Waals surface area (Å²) in [5.41, 5.74) is 0.879. The van der Waals surface area contributed by atoms with Gasteiger partial charge >= 0.3 is 0 Å². The summed E-state index contributed by atoms with van der Waals surface area (Å²) in [6, 6.07) is 13.3. The first-order valence-corrected chi connectivity index (χ1v) is 7.35. The van der Waals surface area contributed by atoms with Gasteiger partial charge in [0.25, 0.3) is 5.69 Å². The number of nitrogens with one attached hydrogen (secondary N) is 1. The number of nitro groups is 1. The normalized spacial score (nSPS) is 10.1. The van der Waals surface area contributed by atoms with Crippen LogP contribution < -0.4 is 10.1 Å². The smallest absolute Gasteiger partial charge is 0.273 e. The zero-order valence-electron chi connectivity index (χ0n) is 12.8. The van der Waals surface area contributed by atoms with E-state index in [-0.39, 0.29) is 18.0 Å². The van der Waals surface area contributed by atoms with Crippen molar-refractivity contribution in [3.05, 3.63) is 64.2 Å². The minimum absolute atomic E-state index is 0.0573. The van der Waals surface area contributed by atoms with Gasteiger partial charge in [0.2, 0.25) is 5.91 Å². The molecule has 0 aliphatic carbocycles. The Morgan fingerprint density at radius 3 is 2.61 bits per heavy atom. The molecule has 0 bridgehead atoms. The lowest BCUT2D eigenvalue weighted by molar-refractivity contribution is -0.385. The molecular weight excluding hydrogens is 296 g/mol. The maximum Gasteiger partial charge on any atom is 0.273 e. The van der Waals surface area contributed by atoms with Crippen molar-refractivity contribution < 1.29 is 14.5 Å². The largest absolute Gasteiger partial charge is 0.491 e. The lowest BCUT2D eigenvalue weighted by Crippen LogP contribution is -2.16. The zero-order chi connectivity index (χ0) is 16.7. The summed E-state index contributed by atoms with van der Waals surface area (Å²) in [5.74, 6) is 0.261. The molecule has 0 spiro atoms. The van der Waals surface area contributed by atoms with Crippen LogP contribution in [0.4, 0.5) is 11.4 Å². The van der Waals surface area contributed by atoms with E-state index in [0.29, 0.717) is 23.6 Å². The molecule has 0 aliphatic rings. The SMILES string of the molecule is CCCOc1ccccc1NC(=O)Cc1ccccc1[N+](=O)[O-]. The van der Waals surface area contributed by atoms with Crippen molar-refractivity contribution in [1.82, 2.24) is 0 Å². The molecule has 0 heterocycles. The number of anilines is 1. The Morgan fingerprint density at radius 1 is 1.17 bits per heavy atom. The van der Waals surface area contributed by atoms with E-state index in [1.807, 2.05) is 13.0 Å². The van der Waals surface area contributed by atoms with Crippen molar-refractivity contribution in [2.24, 2.45) is 0 Å². The van der Waals surface area contributed by atoms with Crippen LogP contribution >= 0.6 is 0 Å². The van der Waals surface area contributed by atoms with Crippen LogP contribution in [0.2, 0.25) is 0 Å². The third-order valence-electron chi connectivity index (χ3n) is 3.16. The predicted octanol–water partition coefficient (Wildman–Crippen LogP) is 3.56. The van der Waals surface area contributed by atoms with Gasteiger partial charge < -0.3 is 10.1 Å². The number of rotatable bonds is 7. The van der Waals surface area contributed by atoms with Crippen LogP contribution in [0.15, 0.2) is 48.5 Å². The standard InChI is InChI=1S/C17H18N2O4/c1-2-11-23-16-10-6-4-8-14(16)18-17(20)12-13-7-3-5-9-15(13)19(21)22/h3-10H,2,11-12H2,1H3,(H,18,20). The number of nitrogens with zero attached hydrogens (tertiary/aromatic N) is 1.